The average Bonchev–Trinajstić information content (AvgIpc) is 3.57. The van der Waals surface area contributed by atoms with Gasteiger partial charge < -0.3 is 33.5 Å². The van der Waals surface area contributed by atoms with E-state index in [1.165, 1.54) is 0 Å². The van der Waals surface area contributed by atoms with Crippen molar-refractivity contribution in [3.63, 3.8) is 0 Å². The van der Waals surface area contributed by atoms with Crippen LogP contribution in [0.3, 0.4) is 0 Å². The molecule has 0 saturated carbocycles. The number of rotatable bonds is 10. The van der Waals surface area contributed by atoms with Crippen LogP contribution >= 0.6 is 0 Å². The molecule has 5 rings (SSSR count). The van der Waals surface area contributed by atoms with Gasteiger partial charge in [0, 0.05) is 22.8 Å². The van der Waals surface area contributed by atoms with E-state index in [9.17, 15) is 9.90 Å². The molecule has 0 saturated heterocycles. The van der Waals surface area contributed by atoms with Crippen molar-refractivity contribution >= 4 is 5.97 Å². The van der Waals surface area contributed by atoms with E-state index in [0.29, 0.717) is 46.5 Å². The number of nitrogens with zero attached hydrogens (tertiary/aromatic N) is 2. The van der Waals surface area contributed by atoms with Crippen molar-refractivity contribution in [3.8, 4) is 57.0 Å². The summed E-state index contributed by atoms with van der Waals surface area (Å²) in [6.07, 6.45) is 0. The molecule has 1 N–H and O–H groups in total. The molecular weight excluding hydrogens is 492 g/mol. The number of carboxylic acids is 1. The van der Waals surface area contributed by atoms with Crippen molar-refractivity contribution in [3.05, 3.63) is 66.2 Å². The Bertz CT molecular complexity index is 1480. The topological polar surface area (TPSA) is 111 Å². The first-order valence-electron chi connectivity index (χ1n) is 11.7. The summed E-state index contributed by atoms with van der Waals surface area (Å²) in [5.41, 5.74) is 3.51. The standard InChI is InChI=1S/C28H26N2O8/c1-33-22-9-5-4-7-17(22)14-30-21(18-8-6-10-23(34-2)28(18)35-3)12-20(29-30)19-11-25-26(38-16-37-25)13-24(19)36-15-27(31)32/h4-13H,14-16H2,1-3H3,(H,31,32). The van der Waals surface area contributed by atoms with Gasteiger partial charge in [-0.2, -0.15) is 5.10 Å². The lowest BCUT2D eigenvalue weighted by molar-refractivity contribution is -0.139. The molecule has 1 aliphatic heterocycles. The summed E-state index contributed by atoms with van der Waals surface area (Å²) in [6.45, 7) is -0.0770. The van der Waals surface area contributed by atoms with Crippen LogP contribution in [0, 0.1) is 0 Å². The van der Waals surface area contributed by atoms with Crippen LogP contribution in [-0.4, -0.2) is 55.6 Å². The quantitative estimate of drug-likeness (QED) is 0.325. The highest BCUT2D eigenvalue weighted by atomic mass is 16.7. The van der Waals surface area contributed by atoms with E-state index in [-0.39, 0.29) is 6.79 Å². The molecule has 0 radical (unpaired) electrons. The van der Waals surface area contributed by atoms with Crippen LogP contribution in [-0.2, 0) is 11.3 Å². The highest BCUT2D eigenvalue weighted by Gasteiger charge is 2.24. The number of aromatic nitrogens is 2. The van der Waals surface area contributed by atoms with Gasteiger partial charge in [-0.1, -0.05) is 24.3 Å². The molecule has 1 aromatic heterocycles. The summed E-state index contributed by atoms with van der Waals surface area (Å²) in [5, 5.41) is 14.1. The monoisotopic (exact) mass is 518 g/mol. The number of ether oxygens (including phenoxy) is 6. The molecular formula is C28H26N2O8. The summed E-state index contributed by atoms with van der Waals surface area (Å²) in [4.78, 5) is 11.3. The number of carboxylic acid groups (broad SMARTS) is 1. The predicted molar refractivity (Wildman–Crippen MR) is 138 cm³/mol. The molecule has 2 heterocycles. The molecule has 1 aliphatic rings. The molecule has 10 nitrogen and oxygen atoms in total. The third-order valence-electron chi connectivity index (χ3n) is 6.07. The number of benzene rings is 3. The lowest BCUT2D eigenvalue weighted by Crippen LogP contribution is -2.10. The summed E-state index contributed by atoms with van der Waals surface area (Å²) < 4.78 is 35.3. The number of fused-ring (bicyclic) bond motifs is 1. The fraction of sp³-hybridized carbons (Fsp3) is 0.214. The van der Waals surface area contributed by atoms with Crippen molar-refractivity contribution in [2.75, 3.05) is 34.7 Å². The molecule has 0 atom stereocenters. The Morgan fingerprint density at radius 1 is 0.895 bits per heavy atom. The molecule has 0 unspecified atom stereocenters. The third kappa shape index (κ3) is 4.75. The van der Waals surface area contributed by atoms with Crippen LogP contribution in [0.25, 0.3) is 22.5 Å². The molecule has 0 fully saturated rings. The second kappa shape index (κ2) is 10.6. The second-order valence-corrected chi connectivity index (χ2v) is 8.31. The van der Waals surface area contributed by atoms with Crippen molar-refractivity contribution in [1.82, 2.24) is 9.78 Å². The van der Waals surface area contributed by atoms with Gasteiger partial charge in [0.15, 0.2) is 29.6 Å². The summed E-state index contributed by atoms with van der Waals surface area (Å²) in [5.74, 6) is 2.04. The Kier molecular flexibility index (Phi) is 6.94. The van der Waals surface area contributed by atoms with Crippen molar-refractivity contribution in [2.24, 2.45) is 0 Å². The number of hydrogen-bond acceptors (Lipinski definition) is 8. The Balaban J connectivity index is 1.69. The van der Waals surface area contributed by atoms with E-state index in [1.807, 2.05) is 53.2 Å². The largest absolute Gasteiger partial charge is 0.496 e. The molecule has 10 heteroatoms. The molecule has 3 aromatic carbocycles. The zero-order valence-corrected chi connectivity index (χ0v) is 21.1. The fourth-order valence-corrected chi connectivity index (χ4v) is 4.35. The Labute approximate surface area is 218 Å². The van der Waals surface area contributed by atoms with Crippen LogP contribution in [0.5, 0.6) is 34.5 Å². The highest BCUT2D eigenvalue weighted by Crippen LogP contribution is 2.44. The first-order valence-corrected chi connectivity index (χ1v) is 11.7. The van der Waals surface area contributed by atoms with Crippen LogP contribution in [0.2, 0.25) is 0 Å². The zero-order valence-electron chi connectivity index (χ0n) is 21.1. The van der Waals surface area contributed by atoms with Gasteiger partial charge in [-0.15, -0.1) is 0 Å². The van der Waals surface area contributed by atoms with Crippen molar-refractivity contribution in [1.29, 1.82) is 0 Å². The van der Waals surface area contributed by atoms with Crippen LogP contribution in [0.4, 0.5) is 0 Å². The fourth-order valence-electron chi connectivity index (χ4n) is 4.35. The van der Waals surface area contributed by atoms with E-state index in [0.717, 1.165) is 22.6 Å². The van der Waals surface area contributed by atoms with E-state index in [2.05, 4.69) is 0 Å². The summed E-state index contributed by atoms with van der Waals surface area (Å²) in [7, 11) is 4.79. The first kappa shape index (κ1) is 24.8. The third-order valence-corrected chi connectivity index (χ3v) is 6.07. The normalized spacial score (nSPS) is 11.8. The van der Waals surface area contributed by atoms with Crippen LogP contribution in [0.1, 0.15) is 5.56 Å². The number of carbonyl (C=O) groups is 1. The van der Waals surface area contributed by atoms with E-state index in [4.69, 9.17) is 33.5 Å². The van der Waals surface area contributed by atoms with Gasteiger partial charge in [-0.25, -0.2) is 4.79 Å². The highest BCUT2D eigenvalue weighted by molar-refractivity contribution is 5.79. The number of para-hydroxylation sites is 2. The van der Waals surface area contributed by atoms with Crippen molar-refractivity contribution in [2.45, 2.75) is 6.54 Å². The maximum atomic E-state index is 11.3. The molecule has 0 bridgehead atoms. The Hall–Kier alpha value is -4.86. The van der Waals surface area contributed by atoms with Crippen molar-refractivity contribution < 1.29 is 38.3 Å². The number of aliphatic carboxylic acids is 1. The zero-order chi connectivity index (χ0) is 26.6. The van der Waals surface area contributed by atoms with Gasteiger partial charge in [0.2, 0.25) is 6.79 Å². The predicted octanol–water partition coefficient (Wildman–Crippen LogP) is 4.48. The first-order chi connectivity index (χ1) is 18.5. The second-order valence-electron chi connectivity index (χ2n) is 8.31. The Morgan fingerprint density at radius 2 is 1.63 bits per heavy atom. The molecule has 0 amide bonds. The molecule has 0 spiro atoms. The SMILES string of the molecule is COc1ccccc1Cn1nc(-c2cc3c(cc2OCC(=O)O)OCO3)cc1-c1cccc(OC)c1OC. The lowest BCUT2D eigenvalue weighted by atomic mass is 10.1. The molecule has 0 aliphatic carbocycles. The van der Waals surface area contributed by atoms with Crippen LogP contribution in [0.15, 0.2) is 60.7 Å². The van der Waals surface area contributed by atoms with Gasteiger partial charge >= 0.3 is 5.97 Å². The van der Waals surface area contributed by atoms with Gasteiger partial charge in [0.05, 0.1) is 39.3 Å². The minimum Gasteiger partial charge on any atom is -0.496 e. The molecule has 196 valence electrons. The smallest absolute Gasteiger partial charge is 0.341 e. The number of methoxy groups -OCH3 is 3. The van der Waals surface area contributed by atoms with Gasteiger partial charge in [-0.3, -0.25) is 4.68 Å². The van der Waals surface area contributed by atoms with Gasteiger partial charge in [0.25, 0.3) is 0 Å². The maximum Gasteiger partial charge on any atom is 0.341 e. The van der Waals surface area contributed by atoms with E-state index >= 15 is 0 Å². The van der Waals surface area contributed by atoms with Gasteiger partial charge in [-0.05, 0) is 30.3 Å². The molecule has 4 aromatic rings. The maximum absolute atomic E-state index is 11.3. The summed E-state index contributed by atoms with van der Waals surface area (Å²) in [6, 6.07) is 18.5. The molecule has 38 heavy (non-hydrogen) atoms. The van der Waals surface area contributed by atoms with Crippen LogP contribution < -0.4 is 28.4 Å². The minimum absolute atomic E-state index is 0.0612. The average molecular weight is 519 g/mol. The Morgan fingerprint density at radius 3 is 2.37 bits per heavy atom. The minimum atomic E-state index is -1.10. The van der Waals surface area contributed by atoms with E-state index < -0.39 is 12.6 Å². The lowest BCUT2D eigenvalue weighted by Gasteiger charge is -2.15. The number of hydrogen-bond donors (Lipinski definition) is 1. The van der Waals surface area contributed by atoms with Gasteiger partial charge in [0.1, 0.15) is 11.5 Å². The van der Waals surface area contributed by atoms with E-state index in [1.54, 1.807) is 33.5 Å². The summed E-state index contributed by atoms with van der Waals surface area (Å²) >= 11 is 0.